The molecule has 0 heterocycles. The van der Waals surface area contributed by atoms with Crippen molar-refractivity contribution < 1.29 is 19.1 Å². The van der Waals surface area contributed by atoms with Gasteiger partial charge in [0.05, 0.1) is 18.1 Å². The SMILES string of the molecule is COC(=O)[C@@]12CCC3C(C(=O)C=C4[C@@]3(C)CC[C@H]3CC(=O)C(C#N)=C[C@]43C)C1CC(C)(C)CC2. The molecule has 3 unspecified atom stereocenters. The summed E-state index contributed by atoms with van der Waals surface area (Å²) in [6.45, 7) is 8.95. The molecule has 0 saturated heterocycles. The van der Waals surface area contributed by atoms with Crippen LogP contribution in [-0.4, -0.2) is 24.6 Å². The van der Waals surface area contributed by atoms with E-state index in [1.54, 1.807) is 0 Å². The Morgan fingerprint density at radius 3 is 2.47 bits per heavy atom. The second-order valence-corrected chi connectivity index (χ2v) is 13.0. The van der Waals surface area contributed by atoms with E-state index in [0.29, 0.717) is 6.42 Å². The first-order valence-corrected chi connectivity index (χ1v) is 12.9. The van der Waals surface area contributed by atoms with Crippen molar-refractivity contribution in [3.8, 4) is 6.07 Å². The van der Waals surface area contributed by atoms with Gasteiger partial charge in [0.15, 0.2) is 11.6 Å². The minimum Gasteiger partial charge on any atom is -0.469 e. The highest BCUT2D eigenvalue weighted by molar-refractivity contribution is 6.01. The third-order valence-electron chi connectivity index (χ3n) is 10.9. The number of allylic oxidation sites excluding steroid dienone is 4. The van der Waals surface area contributed by atoms with Gasteiger partial charge >= 0.3 is 5.97 Å². The molecule has 7 atom stereocenters. The Bertz CT molecular complexity index is 1080. The van der Waals surface area contributed by atoms with Gasteiger partial charge in [-0.1, -0.05) is 39.3 Å². The highest BCUT2D eigenvalue weighted by Crippen LogP contribution is 2.69. The van der Waals surface area contributed by atoms with E-state index in [2.05, 4.69) is 33.8 Å². The van der Waals surface area contributed by atoms with E-state index in [-0.39, 0.29) is 57.6 Å². The zero-order valence-corrected chi connectivity index (χ0v) is 21.2. The summed E-state index contributed by atoms with van der Waals surface area (Å²) in [6.07, 6.45) is 10.2. The van der Waals surface area contributed by atoms with Crippen LogP contribution in [0.15, 0.2) is 23.3 Å². The quantitative estimate of drug-likeness (QED) is 0.489. The Balaban J connectivity index is 1.63. The molecule has 0 aromatic carbocycles. The number of ether oxygens (including phenoxy) is 1. The molecule has 3 saturated carbocycles. The van der Waals surface area contributed by atoms with Crippen molar-refractivity contribution in [2.45, 2.75) is 79.1 Å². The Morgan fingerprint density at radius 1 is 1.06 bits per heavy atom. The molecule has 0 N–H and O–H groups in total. The number of hydrogen-bond donors (Lipinski definition) is 0. The first-order valence-electron chi connectivity index (χ1n) is 12.9. The number of methoxy groups -OCH3 is 1. The van der Waals surface area contributed by atoms with Gasteiger partial charge in [0.1, 0.15) is 6.07 Å². The van der Waals surface area contributed by atoms with Gasteiger partial charge in [0.25, 0.3) is 0 Å². The van der Waals surface area contributed by atoms with Crippen LogP contribution in [0.1, 0.15) is 79.1 Å². The Morgan fingerprint density at radius 2 is 1.79 bits per heavy atom. The van der Waals surface area contributed by atoms with Gasteiger partial charge in [-0.25, -0.2) is 0 Å². The minimum atomic E-state index is -0.560. The molecule has 5 rings (SSSR count). The van der Waals surface area contributed by atoms with Crippen LogP contribution in [0.3, 0.4) is 0 Å². The first-order chi connectivity index (χ1) is 15.9. The lowest BCUT2D eigenvalue weighted by molar-refractivity contribution is -0.177. The van der Waals surface area contributed by atoms with Gasteiger partial charge in [-0.2, -0.15) is 5.26 Å². The second kappa shape index (κ2) is 7.39. The Labute approximate surface area is 203 Å². The molecular formula is C29H37NO4. The van der Waals surface area contributed by atoms with Crippen LogP contribution < -0.4 is 0 Å². The number of ketones is 2. The van der Waals surface area contributed by atoms with Gasteiger partial charge in [0, 0.05) is 17.8 Å². The number of fused-ring (bicyclic) bond motifs is 7. The number of nitriles is 1. The van der Waals surface area contributed by atoms with Crippen LogP contribution in [0.4, 0.5) is 0 Å². The molecule has 0 aromatic rings. The van der Waals surface area contributed by atoms with E-state index in [0.717, 1.165) is 50.5 Å². The number of esters is 1. The molecule has 5 nitrogen and oxygen atoms in total. The monoisotopic (exact) mass is 463 g/mol. The van der Waals surface area contributed by atoms with Crippen molar-refractivity contribution in [2.75, 3.05) is 7.11 Å². The smallest absolute Gasteiger partial charge is 0.312 e. The summed E-state index contributed by atoms with van der Waals surface area (Å²) < 4.78 is 5.35. The molecule has 182 valence electrons. The zero-order valence-electron chi connectivity index (χ0n) is 21.2. The van der Waals surface area contributed by atoms with Crippen molar-refractivity contribution in [2.24, 2.45) is 45.3 Å². The molecule has 5 aliphatic rings. The van der Waals surface area contributed by atoms with Crippen molar-refractivity contribution in [3.05, 3.63) is 23.3 Å². The van der Waals surface area contributed by atoms with Crippen LogP contribution >= 0.6 is 0 Å². The van der Waals surface area contributed by atoms with Crippen LogP contribution in [-0.2, 0) is 19.1 Å². The van der Waals surface area contributed by atoms with Crippen LogP contribution in [0.2, 0.25) is 0 Å². The molecule has 34 heavy (non-hydrogen) atoms. The van der Waals surface area contributed by atoms with Crippen LogP contribution in [0.25, 0.3) is 0 Å². The zero-order chi connectivity index (χ0) is 24.7. The van der Waals surface area contributed by atoms with Crippen LogP contribution in [0.5, 0.6) is 0 Å². The van der Waals surface area contributed by atoms with Crippen molar-refractivity contribution in [1.29, 1.82) is 5.26 Å². The lowest BCUT2D eigenvalue weighted by Gasteiger charge is -2.63. The summed E-state index contributed by atoms with van der Waals surface area (Å²) in [5.74, 6) is 0.0533. The molecule has 0 bridgehead atoms. The summed E-state index contributed by atoms with van der Waals surface area (Å²) >= 11 is 0. The highest BCUT2D eigenvalue weighted by Gasteiger charge is 2.65. The molecule has 3 fully saturated rings. The summed E-state index contributed by atoms with van der Waals surface area (Å²) in [6, 6.07) is 2.11. The number of hydrogen-bond acceptors (Lipinski definition) is 5. The van der Waals surface area contributed by atoms with E-state index < -0.39 is 10.8 Å². The Kier molecular flexibility index (Phi) is 5.11. The largest absolute Gasteiger partial charge is 0.469 e. The highest BCUT2D eigenvalue weighted by atomic mass is 16.5. The van der Waals surface area contributed by atoms with E-state index in [9.17, 15) is 19.6 Å². The molecule has 5 aliphatic carbocycles. The fourth-order valence-electron chi connectivity index (χ4n) is 8.97. The molecule has 0 spiro atoms. The maximum absolute atomic E-state index is 14.0. The van der Waals surface area contributed by atoms with E-state index in [4.69, 9.17) is 4.74 Å². The molecule has 0 aliphatic heterocycles. The van der Waals surface area contributed by atoms with E-state index in [1.807, 2.05) is 12.2 Å². The first kappa shape index (κ1) is 23.5. The molecular weight excluding hydrogens is 426 g/mol. The lowest BCUT2D eigenvalue weighted by atomic mass is 9.40. The number of carbonyl (C=O) groups is 3. The average molecular weight is 464 g/mol. The lowest BCUT2D eigenvalue weighted by Crippen LogP contribution is -2.60. The summed E-state index contributed by atoms with van der Waals surface area (Å²) in [5.41, 5.74) is 0.256. The fourth-order valence-corrected chi connectivity index (χ4v) is 8.97. The van der Waals surface area contributed by atoms with E-state index >= 15 is 0 Å². The maximum atomic E-state index is 14.0. The summed E-state index contributed by atoms with van der Waals surface area (Å²) in [5, 5.41) is 9.58. The Hall–Kier alpha value is -2.22. The van der Waals surface area contributed by atoms with Gasteiger partial charge in [-0.15, -0.1) is 0 Å². The third-order valence-corrected chi connectivity index (χ3v) is 10.9. The molecule has 0 radical (unpaired) electrons. The third kappa shape index (κ3) is 2.99. The second-order valence-electron chi connectivity index (χ2n) is 13.0. The fraction of sp³-hybridized carbons (Fsp3) is 0.724. The predicted molar refractivity (Wildman–Crippen MR) is 127 cm³/mol. The predicted octanol–water partition coefficient (Wildman–Crippen LogP) is 5.35. The number of nitrogens with zero attached hydrogens (tertiary/aromatic N) is 1. The summed E-state index contributed by atoms with van der Waals surface area (Å²) in [4.78, 5) is 39.7. The molecule has 0 aromatic heterocycles. The number of rotatable bonds is 1. The van der Waals surface area contributed by atoms with Crippen molar-refractivity contribution in [3.63, 3.8) is 0 Å². The average Bonchev–Trinajstić information content (AvgIpc) is 2.79. The number of carbonyl (C=O) groups excluding carboxylic acids is 3. The topological polar surface area (TPSA) is 84.2 Å². The minimum absolute atomic E-state index is 0.00625. The van der Waals surface area contributed by atoms with Gasteiger partial charge < -0.3 is 4.74 Å². The van der Waals surface area contributed by atoms with Gasteiger partial charge in [0.2, 0.25) is 0 Å². The van der Waals surface area contributed by atoms with Gasteiger partial charge in [-0.3, -0.25) is 14.4 Å². The van der Waals surface area contributed by atoms with Gasteiger partial charge in [-0.05, 0) is 79.6 Å². The molecule has 0 amide bonds. The standard InChI is InChI=1S/C29H37NO4/c1-26(2)10-11-29(25(33)34-5)9-7-19-24(20(29)15-26)22(32)13-23-27(19,3)8-6-18-12-21(31)17(16-30)14-28(18,23)4/h13-14,18-20,24H,6-12,15H2,1-5H3/t18-,19?,20?,24?,27-,28-,29+/m0/s1. The number of Topliss-reactive ketones (excluding diaryl/α,β-unsaturated/α-hetero) is 1. The van der Waals surface area contributed by atoms with Crippen LogP contribution in [0, 0.1) is 56.7 Å². The van der Waals surface area contributed by atoms with Crippen molar-refractivity contribution >= 4 is 17.5 Å². The molecule has 5 heteroatoms. The van der Waals surface area contributed by atoms with Crippen molar-refractivity contribution in [1.82, 2.24) is 0 Å². The summed E-state index contributed by atoms with van der Waals surface area (Å²) in [7, 11) is 1.48. The maximum Gasteiger partial charge on any atom is 0.312 e. The normalized spacial score (nSPS) is 44.8. The van der Waals surface area contributed by atoms with E-state index in [1.165, 1.54) is 7.11 Å².